The molecule has 0 saturated carbocycles. The summed E-state index contributed by atoms with van der Waals surface area (Å²) in [5.74, 6) is 0. The van der Waals surface area contributed by atoms with Crippen LogP contribution in [-0.4, -0.2) is 13.7 Å². The van der Waals surface area contributed by atoms with Crippen molar-refractivity contribution in [3.63, 3.8) is 0 Å². The Labute approximate surface area is 863 Å². The van der Waals surface area contributed by atoms with Gasteiger partial charge in [0.2, 0.25) is 0 Å². The lowest BCUT2D eigenvalue weighted by Gasteiger charge is -2.45. The molecule has 0 fully saturated rings. The summed E-state index contributed by atoms with van der Waals surface area (Å²) < 4.78 is 7.55. The minimum Gasteiger partial charge on any atom is -0.309 e. The number of hydrogen-bond acceptors (Lipinski definition) is 3. The molecule has 147 heavy (non-hydrogen) atoms. The molecule has 3 spiro atoms. The van der Waals surface area contributed by atoms with Crippen molar-refractivity contribution in [3.8, 4) is 83.8 Å². The molecule has 684 valence electrons. The molecule has 33 rings (SSSR count). The average molecular weight is 1920 g/mol. The number of hydrogen-bond donors (Lipinski definition) is 0. The van der Waals surface area contributed by atoms with Gasteiger partial charge in [0, 0.05) is 61.7 Å². The molecule has 6 heteroatoms. The Kier molecular flexibility index (Phi) is 18.7. The van der Waals surface area contributed by atoms with Gasteiger partial charge in [-0.25, -0.2) is 0 Å². The normalized spacial score (nSPS) is 15.8. The molecule has 3 atom stereocenters. The fourth-order valence-electron chi connectivity index (χ4n) is 26.5. The lowest BCUT2D eigenvalue weighted by Crippen LogP contribution is -2.37. The quantitative estimate of drug-likeness (QED) is 0.154. The molecule has 24 aromatic carbocycles. The van der Waals surface area contributed by atoms with Crippen molar-refractivity contribution < 1.29 is 0 Å². The Hall–Kier alpha value is -17.5. The van der Waals surface area contributed by atoms with Gasteiger partial charge in [-0.05, 0) is 251 Å². The highest BCUT2D eigenvalue weighted by Gasteiger charge is 2.54. The van der Waals surface area contributed by atoms with E-state index in [1.807, 2.05) is 35.3 Å². The van der Waals surface area contributed by atoms with Crippen molar-refractivity contribution in [1.82, 2.24) is 13.7 Å². The number of benzene rings is 24. The third kappa shape index (κ3) is 12.1. The fourth-order valence-corrected chi connectivity index (χ4v) is 30.5. The molecule has 0 radical (unpaired) electrons. The summed E-state index contributed by atoms with van der Waals surface area (Å²) in [6, 6.07) is 197. The summed E-state index contributed by atoms with van der Waals surface area (Å²) in [5.41, 5.74) is 41.0. The molecular formula is C141H87N3S3. The highest BCUT2D eigenvalue weighted by atomic mass is 32.2. The first kappa shape index (κ1) is 84.1. The van der Waals surface area contributed by atoms with Crippen LogP contribution >= 0.6 is 35.3 Å². The van der Waals surface area contributed by atoms with Crippen LogP contribution in [0.2, 0.25) is 0 Å². The molecule has 27 aromatic rings. The smallest absolute Gasteiger partial charge is 0.0764 e. The summed E-state index contributed by atoms with van der Waals surface area (Å²) in [6.07, 6.45) is 0. The third-order valence-corrected chi connectivity index (χ3v) is 36.2. The van der Waals surface area contributed by atoms with E-state index in [1.54, 1.807) is 0 Å². The SMILES string of the molecule is c1ccc(-c2cc(-c3ccccc3)cc(-c3cccc4c3Sc3ccccc3C43c4ccccc4-n4c5ccccc5c5cccc3c54)c2)cc1.c1ccc2c(c1)Sc1c(-c3ccc(-c4ccc5ccccc5c4)cc3)cccc1C21c2ccccc2-n2c3ccccc3c3cccc1c32.c1ccc2c(c1)Sc1c(-c3ccc4c(ccc5ccccc54)c3)cccc1C21c2ccccc2-n2c3ccccc3c3cccc1c32. The van der Waals surface area contributed by atoms with Gasteiger partial charge in [0.25, 0.3) is 0 Å². The Morgan fingerprint density at radius 3 is 0.884 bits per heavy atom. The van der Waals surface area contributed by atoms with Gasteiger partial charge in [-0.1, -0.05) is 478 Å². The Morgan fingerprint density at radius 1 is 0.143 bits per heavy atom. The highest BCUT2D eigenvalue weighted by molar-refractivity contribution is 8.00. The Bertz CT molecular complexity index is 10200. The van der Waals surface area contributed by atoms with E-state index in [0.717, 1.165) is 0 Å². The lowest BCUT2D eigenvalue weighted by atomic mass is 9.62. The molecule has 0 bridgehead atoms. The van der Waals surface area contributed by atoms with E-state index in [9.17, 15) is 0 Å². The maximum absolute atomic E-state index is 2.52. The molecule has 0 N–H and O–H groups in total. The van der Waals surface area contributed by atoms with E-state index in [0.29, 0.717) is 0 Å². The molecule has 0 saturated heterocycles. The molecule has 6 aliphatic heterocycles. The molecular weight excluding hydrogens is 1830 g/mol. The Balaban J connectivity index is 0.0000001000. The first-order chi connectivity index (χ1) is 72.9. The maximum atomic E-state index is 2.52. The maximum Gasteiger partial charge on any atom is 0.0764 e. The van der Waals surface area contributed by atoms with Crippen molar-refractivity contribution in [1.29, 1.82) is 0 Å². The predicted octanol–water partition coefficient (Wildman–Crippen LogP) is 37.3. The van der Waals surface area contributed by atoms with E-state index in [1.165, 1.54) is 278 Å². The zero-order valence-electron chi connectivity index (χ0n) is 79.8. The summed E-state index contributed by atoms with van der Waals surface area (Å²) in [7, 11) is 0. The molecule has 3 unspecified atom stereocenters. The summed E-state index contributed by atoms with van der Waals surface area (Å²) in [6.45, 7) is 0. The third-order valence-electron chi connectivity index (χ3n) is 32.5. The van der Waals surface area contributed by atoms with Crippen molar-refractivity contribution in [2.75, 3.05) is 0 Å². The van der Waals surface area contributed by atoms with Crippen LogP contribution in [-0.2, 0) is 16.2 Å². The number of rotatable bonds is 6. The van der Waals surface area contributed by atoms with Crippen LogP contribution in [0.15, 0.2) is 557 Å². The fraction of sp³-hybridized carbons (Fsp3) is 0.0213. The van der Waals surface area contributed by atoms with Gasteiger partial charge in [0.05, 0.1) is 66.4 Å². The standard InChI is InChI=1S/C49H31NS.C47H29NS.C45H27NS/c1-3-15-32(16-4-1)34-29-35(33-17-5-2-6-18-33)31-36(30-34)37-20-13-25-43-48(37)51-46-28-12-9-23-41(46)49(43)40-22-8-11-27-45(40)50-44-26-10-7-19-38(44)39-21-14-24-42(49)47(39)50;1-2-12-33-29-34(28-25-30(33)11-1)31-23-26-32(27-24-31)35-14-9-19-41-46(35)49-44-22-8-5-17-39(44)47(41)38-16-4-7-21-43(38)48-42-20-6-3-13-36(42)37-15-10-18-40(47)45(37)48;1-2-12-31-28(11-1)23-24-29-27-30(25-26-32(29)31)33-14-9-19-39-44(33)47-42-22-8-5-17-37(42)45(39)36-16-4-7-21-41(36)46-40-20-6-3-13-34(40)35-15-10-18-38(45)43(35)46/h1-31H;1-29H;1-27H. The molecule has 9 heterocycles. The van der Waals surface area contributed by atoms with E-state index in [-0.39, 0.29) is 0 Å². The zero-order chi connectivity index (χ0) is 96.3. The van der Waals surface area contributed by atoms with Gasteiger partial charge in [-0.3, -0.25) is 0 Å². The van der Waals surface area contributed by atoms with E-state index in [2.05, 4.69) is 541 Å². The van der Waals surface area contributed by atoms with Crippen LogP contribution in [0.1, 0.15) is 66.8 Å². The predicted molar refractivity (Wildman–Crippen MR) is 615 cm³/mol. The zero-order valence-corrected chi connectivity index (χ0v) is 82.2. The van der Waals surface area contributed by atoms with Crippen LogP contribution in [0, 0.1) is 0 Å². The summed E-state index contributed by atoms with van der Waals surface area (Å²) in [4.78, 5) is 7.91. The summed E-state index contributed by atoms with van der Waals surface area (Å²) >= 11 is 5.76. The highest BCUT2D eigenvalue weighted by Crippen LogP contribution is 2.67. The van der Waals surface area contributed by atoms with Crippen LogP contribution in [0.25, 0.3) is 182 Å². The number of aromatic nitrogens is 3. The number of nitrogens with zero attached hydrogens (tertiary/aromatic N) is 3. The van der Waals surface area contributed by atoms with E-state index >= 15 is 0 Å². The van der Waals surface area contributed by atoms with Gasteiger partial charge in [0.15, 0.2) is 0 Å². The molecule has 3 nitrogen and oxygen atoms in total. The van der Waals surface area contributed by atoms with Crippen molar-refractivity contribution in [2.45, 2.75) is 45.6 Å². The first-order valence-electron chi connectivity index (χ1n) is 50.8. The van der Waals surface area contributed by atoms with Crippen LogP contribution in [0.3, 0.4) is 0 Å². The second-order valence-corrected chi connectivity index (χ2v) is 42.9. The van der Waals surface area contributed by atoms with Gasteiger partial charge >= 0.3 is 0 Å². The lowest BCUT2D eigenvalue weighted by molar-refractivity contribution is 0.690. The van der Waals surface area contributed by atoms with E-state index < -0.39 is 16.2 Å². The monoisotopic (exact) mass is 1920 g/mol. The van der Waals surface area contributed by atoms with Crippen LogP contribution in [0.5, 0.6) is 0 Å². The van der Waals surface area contributed by atoms with Crippen molar-refractivity contribution >= 4 is 133 Å². The first-order valence-corrected chi connectivity index (χ1v) is 53.3. The minimum atomic E-state index is -0.507. The molecule has 6 aliphatic rings. The average Bonchev–Trinajstić information content (AvgIpc) is 1.63. The largest absolute Gasteiger partial charge is 0.309 e. The van der Waals surface area contributed by atoms with Crippen molar-refractivity contribution in [2.24, 2.45) is 0 Å². The molecule has 0 aliphatic carbocycles. The Morgan fingerprint density at radius 2 is 0.429 bits per heavy atom. The summed E-state index contributed by atoms with van der Waals surface area (Å²) in [5, 5.41) is 15.5. The second kappa shape index (κ2) is 32.8. The second-order valence-electron chi connectivity index (χ2n) is 39.7. The van der Waals surface area contributed by atoms with Gasteiger partial charge in [-0.15, -0.1) is 0 Å². The van der Waals surface area contributed by atoms with E-state index in [4.69, 9.17) is 0 Å². The van der Waals surface area contributed by atoms with Crippen molar-refractivity contribution in [3.05, 3.63) is 595 Å². The van der Waals surface area contributed by atoms with Gasteiger partial charge in [-0.2, -0.15) is 0 Å². The number of fused-ring (bicyclic) bond motifs is 37. The number of para-hydroxylation sites is 9. The van der Waals surface area contributed by atoms with Gasteiger partial charge in [0.1, 0.15) is 0 Å². The van der Waals surface area contributed by atoms with Gasteiger partial charge < -0.3 is 13.7 Å². The minimum absolute atomic E-state index is 0.472. The molecule has 0 amide bonds. The van der Waals surface area contributed by atoms with Crippen LogP contribution in [0.4, 0.5) is 0 Å². The molecule has 3 aromatic heterocycles. The topological polar surface area (TPSA) is 14.8 Å². The van der Waals surface area contributed by atoms with Crippen LogP contribution < -0.4 is 0 Å².